The summed E-state index contributed by atoms with van der Waals surface area (Å²) in [6, 6.07) is 0.869. The number of carbonyl (C=O) groups excluding carboxylic acids is 2. The third-order valence-electron chi connectivity index (χ3n) is 4.97. The molecule has 8 nitrogen and oxygen atoms in total. The Kier molecular flexibility index (Phi) is 7.62. The van der Waals surface area contributed by atoms with Crippen LogP contribution in [0.2, 0.25) is 0 Å². The van der Waals surface area contributed by atoms with Crippen LogP contribution in [-0.4, -0.2) is 46.5 Å². The number of fused-ring (bicyclic) bond motifs is 1. The van der Waals surface area contributed by atoms with E-state index in [-0.39, 0.29) is 41.3 Å². The molecular formula is C20H32N4O4. The van der Waals surface area contributed by atoms with Crippen molar-refractivity contribution >= 4 is 11.8 Å². The van der Waals surface area contributed by atoms with E-state index in [1.807, 2.05) is 27.7 Å². The van der Waals surface area contributed by atoms with Crippen molar-refractivity contribution in [1.82, 2.24) is 14.8 Å². The molecule has 2 rings (SSSR count). The molecule has 0 aromatic carbocycles. The Balaban J connectivity index is 2.41. The molecule has 0 radical (unpaired) electrons. The monoisotopic (exact) mass is 392 g/mol. The Bertz CT molecular complexity index is 772. The van der Waals surface area contributed by atoms with Crippen LogP contribution in [0.5, 0.6) is 5.75 Å². The topological polar surface area (TPSA) is 107 Å². The molecule has 2 heterocycles. The van der Waals surface area contributed by atoms with Crippen LogP contribution in [0.15, 0.2) is 10.9 Å². The maximum Gasteiger partial charge on any atom is 0.274 e. The zero-order chi connectivity index (χ0) is 20.8. The van der Waals surface area contributed by atoms with E-state index in [1.165, 1.54) is 6.07 Å². The lowest BCUT2D eigenvalue weighted by molar-refractivity contribution is -0.122. The molecule has 1 aromatic rings. The Labute approximate surface area is 166 Å². The van der Waals surface area contributed by atoms with Gasteiger partial charge in [0.1, 0.15) is 0 Å². The Hall–Kier alpha value is -2.35. The number of nitrogens with one attached hydrogen (secondary N) is 1. The van der Waals surface area contributed by atoms with Crippen molar-refractivity contribution in [2.75, 3.05) is 13.2 Å². The average molecular weight is 393 g/mol. The van der Waals surface area contributed by atoms with Crippen molar-refractivity contribution in [2.45, 2.75) is 72.1 Å². The van der Waals surface area contributed by atoms with Crippen LogP contribution in [0.3, 0.4) is 0 Å². The first-order valence-corrected chi connectivity index (χ1v) is 10.1. The van der Waals surface area contributed by atoms with Crippen LogP contribution < -0.4 is 21.2 Å². The summed E-state index contributed by atoms with van der Waals surface area (Å²) in [5.74, 6) is -0.397. The maximum atomic E-state index is 13.1. The molecule has 1 unspecified atom stereocenters. The molecule has 0 saturated heterocycles. The Morgan fingerprint density at radius 1 is 1.29 bits per heavy atom. The van der Waals surface area contributed by atoms with E-state index in [1.54, 1.807) is 9.47 Å². The van der Waals surface area contributed by atoms with Crippen molar-refractivity contribution in [1.29, 1.82) is 0 Å². The summed E-state index contributed by atoms with van der Waals surface area (Å²) in [4.78, 5) is 39.6. The first-order chi connectivity index (χ1) is 13.3. The molecule has 0 saturated carbocycles. The van der Waals surface area contributed by atoms with Crippen LogP contribution >= 0.6 is 0 Å². The number of pyridine rings is 1. The van der Waals surface area contributed by atoms with Gasteiger partial charge in [-0.1, -0.05) is 20.3 Å². The van der Waals surface area contributed by atoms with Gasteiger partial charge in [0, 0.05) is 30.9 Å². The quantitative estimate of drug-likeness (QED) is 0.615. The minimum atomic E-state index is -0.595. The Morgan fingerprint density at radius 2 is 2.00 bits per heavy atom. The number of hydrogen-bond donors (Lipinski definition) is 2. The second-order valence-electron chi connectivity index (χ2n) is 7.36. The summed E-state index contributed by atoms with van der Waals surface area (Å²) >= 11 is 0. The molecule has 8 heteroatoms. The number of carbonyl (C=O) groups is 2. The van der Waals surface area contributed by atoms with Gasteiger partial charge in [-0.3, -0.25) is 14.4 Å². The highest BCUT2D eigenvalue weighted by Crippen LogP contribution is 2.24. The fraction of sp³-hybridized carbons (Fsp3) is 0.650. The molecule has 2 amide bonds. The summed E-state index contributed by atoms with van der Waals surface area (Å²) in [6.07, 6.45) is 2.25. The number of nitrogens with two attached hydrogens (primary N) is 1. The van der Waals surface area contributed by atoms with E-state index in [9.17, 15) is 14.4 Å². The fourth-order valence-corrected chi connectivity index (χ4v) is 3.18. The minimum absolute atomic E-state index is 0.0192. The third-order valence-corrected chi connectivity index (χ3v) is 4.97. The van der Waals surface area contributed by atoms with Gasteiger partial charge in [-0.2, -0.15) is 0 Å². The average Bonchev–Trinajstić information content (AvgIpc) is 2.67. The molecule has 1 aliphatic rings. The third kappa shape index (κ3) is 4.73. The number of ether oxygens (including phenoxy) is 1. The van der Waals surface area contributed by atoms with E-state index < -0.39 is 6.04 Å². The van der Waals surface area contributed by atoms with Gasteiger partial charge < -0.3 is 25.3 Å². The first kappa shape index (κ1) is 21.9. The number of hydrogen-bond acceptors (Lipinski definition) is 5. The highest BCUT2D eigenvalue weighted by molar-refractivity contribution is 5.96. The maximum absolute atomic E-state index is 13.1. The molecule has 28 heavy (non-hydrogen) atoms. The van der Waals surface area contributed by atoms with Crippen molar-refractivity contribution in [3.63, 3.8) is 0 Å². The minimum Gasteiger partial charge on any atom is -0.487 e. The molecule has 1 aliphatic heterocycles. The molecule has 0 aliphatic carbocycles. The van der Waals surface area contributed by atoms with E-state index in [4.69, 9.17) is 10.5 Å². The molecule has 3 N–H and O–H groups in total. The zero-order valence-corrected chi connectivity index (χ0v) is 17.3. The summed E-state index contributed by atoms with van der Waals surface area (Å²) in [5.41, 5.74) is 6.26. The van der Waals surface area contributed by atoms with Crippen LogP contribution in [-0.2, 0) is 17.9 Å². The van der Waals surface area contributed by atoms with E-state index in [0.717, 1.165) is 12.8 Å². The van der Waals surface area contributed by atoms with Crippen molar-refractivity contribution in [3.05, 3.63) is 27.7 Å². The second-order valence-corrected chi connectivity index (χ2v) is 7.36. The van der Waals surface area contributed by atoms with E-state index in [0.29, 0.717) is 31.8 Å². The number of rotatable bonds is 9. The fourth-order valence-electron chi connectivity index (χ4n) is 3.18. The highest BCUT2D eigenvalue weighted by Gasteiger charge is 2.32. The van der Waals surface area contributed by atoms with Crippen molar-refractivity contribution in [2.24, 2.45) is 5.73 Å². The molecule has 156 valence electrons. The van der Waals surface area contributed by atoms with Gasteiger partial charge in [0.2, 0.25) is 11.3 Å². The highest BCUT2D eigenvalue weighted by atomic mass is 16.5. The number of nitrogens with zero attached hydrogens (tertiary/aromatic N) is 2. The van der Waals surface area contributed by atoms with Crippen LogP contribution in [0.25, 0.3) is 0 Å². The van der Waals surface area contributed by atoms with Gasteiger partial charge in [-0.15, -0.1) is 0 Å². The van der Waals surface area contributed by atoms with Gasteiger partial charge in [-0.25, -0.2) is 0 Å². The first-order valence-electron chi connectivity index (χ1n) is 10.1. The van der Waals surface area contributed by atoms with Gasteiger partial charge in [0.25, 0.3) is 5.91 Å². The van der Waals surface area contributed by atoms with Crippen LogP contribution in [0.4, 0.5) is 0 Å². The molecular weight excluding hydrogens is 360 g/mol. The smallest absolute Gasteiger partial charge is 0.274 e. The standard InChI is InChI=1S/C20H32N4O4/c1-5-7-10-28-18-16(25)11-14(12-22-19(26)15(21)6-2)24-9-8-23(13(3)4)20(27)17(18)24/h11,13,15H,5-10,12,21H2,1-4H3,(H,22,26). The molecule has 0 bridgehead atoms. The SMILES string of the molecule is CCCCOc1c2n(c(CNC(=O)C(N)CC)cc1=O)CCN(C(C)C)C2=O. The van der Waals surface area contributed by atoms with Crippen LogP contribution in [0.1, 0.15) is 63.1 Å². The summed E-state index contributed by atoms with van der Waals surface area (Å²) in [7, 11) is 0. The number of aromatic nitrogens is 1. The molecule has 1 aromatic heterocycles. The summed E-state index contributed by atoms with van der Waals surface area (Å²) in [5, 5.41) is 2.76. The number of unbranched alkanes of at least 4 members (excludes halogenated alkanes) is 1. The lowest BCUT2D eigenvalue weighted by atomic mass is 10.1. The lowest BCUT2D eigenvalue weighted by Gasteiger charge is -2.35. The number of amides is 2. The normalized spacial score (nSPS) is 14.8. The largest absolute Gasteiger partial charge is 0.487 e. The predicted molar refractivity (Wildman–Crippen MR) is 107 cm³/mol. The Morgan fingerprint density at radius 3 is 2.61 bits per heavy atom. The van der Waals surface area contributed by atoms with E-state index >= 15 is 0 Å². The van der Waals surface area contributed by atoms with Gasteiger partial charge in [-0.05, 0) is 26.7 Å². The summed E-state index contributed by atoms with van der Waals surface area (Å²) < 4.78 is 7.52. The van der Waals surface area contributed by atoms with Gasteiger partial charge >= 0.3 is 0 Å². The van der Waals surface area contributed by atoms with Gasteiger partial charge in [0.15, 0.2) is 11.4 Å². The van der Waals surface area contributed by atoms with E-state index in [2.05, 4.69) is 5.32 Å². The second kappa shape index (κ2) is 9.73. The molecule has 0 spiro atoms. The van der Waals surface area contributed by atoms with Crippen molar-refractivity contribution in [3.8, 4) is 5.75 Å². The van der Waals surface area contributed by atoms with Gasteiger partial charge in [0.05, 0.1) is 19.2 Å². The summed E-state index contributed by atoms with van der Waals surface area (Å²) in [6.45, 7) is 9.35. The zero-order valence-electron chi connectivity index (χ0n) is 17.3. The predicted octanol–water partition coefficient (Wildman–Crippen LogP) is 1.24. The molecule has 0 fully saturated rings. The lowest BCUT2D eigenvalue weighted by Crippen LogP contribution is -2.47. The van der Waals surface area contributed by atoms with Crippen LogP contribution in [0, 0.1) is 0 Å². The van der Waals surface area contributed by atoms with Crippen molar-refractivity contribution < 1.29 is 14.3 Å². The molecule has 1 atom stereocenters.